The molecule has 126 valence electrons. The summed E-state index contributed by atoms with van der Waals surface area (Å²) >= 11 is 6.10. The molecule has 3 rings (SSSR count). The highest BCUT2D eigenvalue weighted by Gasteiger charge is 2.07. The van der Waals surface area contributed by atoms with Gasteiger partial charge in [0.25, 0.3) is 5.91 Å². The number of aromatic nitrogens is 1. The summed E-state index contributed by atoms with van der Waals surface area (Å²) in [6.45, 7) is 1.94. The maximum atomic E-state index is 12.9. The molecule has 0 bridgehead atoms. The number of carbonyl (C=O) groups is 1. The van der Waals surface area contributed by atoms with Gasteiger partial charge in [0.15, 0.2) is 0 Å². The molecule has 25 heavy (non-hydrogen) atoms. The van der Waals surface area contributed by atoms with Gasteiger partial charge in [0, 0.05) is 16.3 Å². The summed E-state index contributed by atoms with van der Waals surface area (Å²) in [7, 11) is 0. The van der Waals surface area contributed by atoms with Crippen molar-refractivity contribution in [3.05, 3.63) is 82.8 Å². The highest BCUT2D eigenvalue weighted by Crippen LogP contribution is 2.23. The van der Waals surface area contributed by atoms with E-state index in [2.05, 4.69) is 15.6 Å². The number of anilines is 3. The molecule has 2 N–H and O–H groups in total. The van der Waals surface area contributed by atoms with Gasteiger partial charge in [-0.05, 0) is 61.0 Å². The second-order valence-corrected chi connectivity index (χ2v) is 5.89. The number of hydrogen-bond donors (Lipinski definition) is 2. The standard InChI is InChI=1S/C19H15ClFN3O/c1-12-2-7-15(10-17(12)20)23-16-8-9-18(22-11-16)24-19(25)13-3-5-14(21)6-4-13/h2-11,23H,1H3,(H,22,24,25). The fraction of sp³-hybridized carbons (Fsp3) is 0.0526. The van der Waals surface area contributed by atoms with E-state index in [9.17, 15) is 9.18 Å². The van der Waals surface area contributed by atoms with E-state index >= 15 is 0 Å². The van der Waals surface area contributed by atoms with E-state index in [-0.39, 0.29) is 11.7 Å². The number of benzene rings is 2. The predicted octanol–water partition coefficient (Wildman–Crippen LogP) is 5.18. The van der Waals surface area contributed by atoms with Crippen LogP contribution < -0.4 is 10.6 Å². The number of aryl methyl sites for hydroxylation is 1. The first-order chi connectivity index (χ1) is 12.0. The monoisotopic (exact) mass is 355 g/mol. The van der Waals surface area contributed by atoms with Crippen molar-refractivity contribution in [2.45, 2.75) is 6.92 Å². The number of amides is 1. The molecule has 0 aliphatic heterocycles. The van der Waals surface area contributed by atoms with E-state index < -0.39 is 0 Å². The molecular formula is C19H15ClFN3O. The molecule has 0 saturated carbocycles. The fourth-order valence-corrected chi connectivity index (χ4v) is 2.35. The summed E-state index contributed by atoms with van der Waals surface area (Å²) in [4.78, 5) is 16.3. The van der Waals surface area contributed by atoms with Crippen LogP contribution in [0.5, 0.6) is 0 Å². The van der Waals surface area contributed by atoms with Crippen LogP contribution >= 0.6 is 11.6 Å². The molecular weight excluding hydrogens is 341 g/mol. The molecule has 1 amide bonds. The first-order valence-corrected chi connectivity index (χ1v) is 7.95. The van der Waals surface area contributed by atoms with E-state index in [0.29, 0.717) is 16.4 Å². The summed E-state index contributed by atoms with van der Waals surface area (Å²) in [5.74, 6) is -0.332. The summed E-state index contributed by atoms with van der Waals surface area (Å²) in [6.07, 6.45) is 1.61. The van der Waals surface area contributed by atoms with Crippen LogP contribution in [0.1, 0.15) is 15.9 Å². The maximum absolute atomic E-state index is 12.9. The Hall–Kier alpha value is -2.92. The Kier molecular flexibility index (Phi) is 4.95. The number of rotatable bonds is 4. The number of nitrogens with zero attached hydrogens (tertiary/aromatic N) is 1. The Morgan fingerprint density at radius 3 is 2.40 bits per heavy atom. The third-order valence-corrected chi connectivity index (χ3v) is 3.98. The average molecular weight is 356 g/mol. The van der Waals surface area contributed by atoms with Gasteiger partial charge in [-0.2, -0.15) is 0 Å². The van der Waals surface area contributed by atoms with Gasteiger partial charge < -0.3 is 10.6 Å². The molecule has 0 spiro atoms. The Morgan fingerprint density at radius 2 is 1.76 bits per heavy atom. The first kappa shape index (κ1) is 16.9. The number of hydrogen-bond acceptors (Lipinski definition) is 3. The zero-order valence-electron chi connectivity index (χ0n) is 13.4. The van der Waals surface area contributed by atoms with Crippen molar-refractivity contribution >= 4 is 34.7 Å². The van der Waals surface area contributed by atoms with Crippen molar-refractivity contribution in [1.29, 1.82) is 0 Å². The van der Waals surface area contributed by atoms with Crippen molar-refractivity contribution in [2.75, 3.05) is 10.6 Å². The largest absolute Gasteiger partial charge is 0.354 e. The van der Waals surface area contributed by atoms with Gasteiger partial charge in [0.2, 0.25) is 0 Å². The summed E-state index contributed by atoms with van der Waals surface area (Å²) in [5.41, 5.74) is 2.98. The second-order valence-electron chi connectivity index (χ2n) is 5.48. The molecule has 1 heterocycles. The lowest BCUT2D eigenvalue weighted by atomic mass is 10.2. The van der Waals surface area contributed by atoms with Crippen LogP contribution in [0.3, 0.4) is 0 Å². The van der Waals surface area contributed by atoms with Crippen molar-refractivity contribution in [3.8, 4) is 0 Å². The molecule has 0 aliphatic rings. The SMILES string of the molecule is Cc1ccc(Nc2ccc(NC(=O)c3ccc(F)cc3)nc2)cc1Cl. The van der Waals surface area contributed by atoms with Crippen LogP contribution in [-0.4, -0.2) is 10.9 Å². The topological polar surface area (TPSA) is 54.0 Å². The Balaban J connectivity index is 1.66. The normalized spacial score (nSPS) is 10.4. The summed E-state index contributed by atoms with van der Waals surface area (Å²) < 4.78 is 12.9. The molecule has 0 aliphatic carbocycles. The van der Waals surface area contributed by atoms with Crippen molar-refractivity contribution in [3.63, 3.8) is 0 Å². The average Bonchev–Trinajstić information content (AvgIpc) is 2.60. The van der Waals surface area contributed by atoms with Gasteiger partial charge in [-0.1, -0.05) is 17.7 Å². The van der Waals surface area contributed by atoms with Crippen molar-refractivity contribution < 1.29 is 9.18 Å². The van der Waals surface area contributed by atoms with Crippen LogP contribution in [-0.2, 0) is 0 Å². The Labute approximate surface area is 149 Å². The minimum atomic E-state index is -0.388. The molecule has 3 aromatic rings. The van der Waals surface area contributed by atoms with Crippen LogP contribution in [0.4, 0.5) is 21.6 Å². The lowest BCUT2D eigenvalue weighted by Crippen LogP contribution is -2.12. The van der Waals surface area contributed by atoms with Crippen LogP contribution in [0.2, 0.25) is 5.02 Å². The third-order valence-electron chi connectivity index (χ3n) is 3.57. The van der Waals surface area contributed by atoms with E-state index in [1.807, 2.05) is 25.1 Å². The summed E-state index contributed by atoms with van der Waals surface area (Å²) in [5, 5.41) is 6.53. The molecule has 0 unspecified atom stereocenters. The quantitative estimate of drug-likeness (QED) is 0.678. The summed E-state index contributed by atoms with van der Waals surface area (Å²) in [6, 6.07) is 14.5. The number of carbonyl (C=O) groups excluding carboxylic acids is 1. The van der Waals surface area contributed by atoms with Crippen LogP contribution in [0, 0.1) is 12.7 Å². The molecule has 2 aromatic carbocycles. The zero-order chi connectivity index (χ0) is 17.8. The Morgan fingerprint density at radius 1 is 1.04 bits per heavy atom. The van der Waals surface area contributed by atoms with Crippen molar-refractivity contribution in [1.82, 2.24) is 4.98 Å². The number of pyridine rings is 1. The fourth-order valence-electron chi connectivity index (χ4n) is 2.17. The van der Waals surface area contributed by atoms with E-state index in [4.69, 9.17) is 11.6 Å². The first-order valence-electron chi connectivity index (χ1n) is 7.57. The number of nitrogens with one attached hydrogen (secondary N) is 2. The molecule has 1 aromatic heterocycles. The van der Waals surface area contributed by atoms with E-state index in [1.165, 1.54) is 24.3 Å². The van der Waals surface area contributed by atoms with Crippen molar-refractivity contribution in [2.24, 2.45) is 0 Å². The highest BCUT2D eigenvalue weighted by molar-refractivity contribution is 6.31. The van der Waals surface area contributed by atoms with Gasteiger partial charge in [-0.3, -0.25) is 4.79 Å². The Bertz CT molecular complexity index is 896. The second kappa shape index (κ2) is 7.32. The van der Waals surface area contributed by atoms with Crippen LogP contribution in [0.25, 0.3) is 0 Å². The predicted molar refractivity (Wildman–Crippen MR) is 98.1 cm³/mol. The number of halogens is 2. The van der Waals surface area contributed by atoms with Gasteiger partial charge in [0.05, 0.1) is 11.9 Å². The van der Waals surface area contributed by atoms with E-state index in [1.54, 1.807) is 18.3 Å². The molecule has 6 heteroatoms. The minimum Gasteiger partial charge on any atom is -0.354 e. The van der Waals surface area contributed by atoms with Gasteiger partial charge in [0.1, 0.15) is 11.6 Å². The minimum absolute atomic E-state index is 0.349. The molecule has 0 atom stereocenters. The van der Waals surface area contributed by atoms with Gasteiger partial charge in [-0.15, -0.1) is 0 Å². The van der Waals surface area contributed by atoms with Crippen LogP contribution in [0.15, 0.2) is 60.8 Å². The molecule has 0 radical (unpaired) electrons. The molecule has 4 nitrogen and oxygen atoms in total. The lowest BCUT2D eigenvalue weighted by molar-refractivity contribution is 0.102. The smallest absolute Gasteiger partial charge is 0.256 e. The lowest BCUT2D eigenvalue weighted by Gasteiger charge is -2.09. The highest BCUT2D eigenvalue weighted by atomic mass is 35.5. The maximum Gasteiger partial charge on any atom is 0.256 e. The molecule has 0 saturated heterocycles. The van der Waals surface area contributed by atoms with E-state index in [0.717, 1.165) is 16.9 Å². The molecule has 0 fully saturated rings. The third kappa shape index (κ3) is 4.33. The zero-order valence-corrected chi connectivity index (χ0v) is 14.1. The van der Waals surface area contributed by atoms with Gasteiger partial charge in [-0.25, -0.2) is 9.37 Å². The van der Waals surface area contributed by atoms with Gasteiger partial charge >= 0.3 is 0 Å².